The first-order valence-corrected chi connectivity index (χ1v) is 17.5. The van der Waals surface area contributed by atoms with Gasteiger partial charge in [0.15, 0.2) is 69.8 Å². The second-order valence-electron chi connectivity index (χ2n) is 13.4. The fourth-order valence-corrected chi connectivity index (χ4v) is 7.14. The Kier molecular flexibility index (Phi) is 9.56. The van der Waals surface area contributed by atoms with Gasteiger partial charge in [0.2, 0.25) is 17.5 Å². The van der Waals surface area contributed by atoms with Gasteiger partial charge in [0.25, 0.3) is 0 Å². The fourth-order valence-electron chi connectivity index (χ4n) is 7.14. The Balaban J connectivity index is 1.46. The highest BCUT2D eigenvalue weighted by atomic mass is 19.2. The van der Waals surface area contributed by atoms with Gasteiger partial charge in [-0.3, -0.25) is 4.98 Å². The van der Waals surface area contributed by atoms with Gasteiger partial charge in [-0.1, -0.05) is 0 Å². The van der Waals surface area contributed by atoms with Crippen LogP contribution in [0.1, 0.15) is 22.3 Å². The van der Waals surface area contributed by atoms with Crippen LogP contribution in [0.4, 0.5) is 65.9 Å². The maximum absolute atomic E-state index is 15.8. The van der Waals surface area contributed by atoms with Gasteiger partial charge in [-0.05, 0) is 66.3 Å². The molecule has 4 aromatic rings. The van der Waals surface area contributed by atoms with Crippen LogP contribution < -0.4 is 0 Å². The lowest BCUT2D eigenvalue weighted by Gasteiger charge is -2.15. The average molecular weight is 884 g/mol. The Morgan fingerprint density at radius 3 is 0.746 bits per heavy atom. The number of nitrogens with zero attached hydrogens (tertiary/aromatic N) is 5. The van der Waals surface area contributed by atoms with E-state index in [4.69, 9.17) is 0 Å². The second kappa shape index (κ2) is 14.8. The Labute approximate surface area is 341 Å². The molecular formula is C43H12F15N5. The Morgan fingerprint density at radius 1 is 0.254 bits per heavy atom. The first kappa shape index (κ1) is 40.7. The molecule has 0 spiro atoms. The van der Waals surface area contributed by atoms with Gasteiger partial charge in [-0.15, -0.1) is 0 Å². The van der Waals surface area contributed by atoms with Gasteiger partial charge in [0.1, 0.15) is 0 Å². The largest absolute Gasteiger partial charge is 0.265 e. The molecule has 0 saturated heterocycles. The zero-order valence-electron chi connectivity index (χ0n) is 30.3. The molecule has 8 bridgehead atoms. The summed E-state index contributed by atoms with van der Waals surface area (Å²) in [6, 6.07) is 2.79. The van der Waals surface area contributed by atoms with Crippen molar-refractivity contribution >= 4 is 45.1 Å². The summed E-state index contributed by atoms with van der Waals surface area (Å²) >= 11 is 0. The highest BCUT2D eigenvalue weighted by Gasteiger charge is 2.37. The highest BCUT2D eigenvalue weighted by Crippen LogP contribution is 2.42. The Morgan fingerprint density at radius 2 is 0.476 bits per heavy atom. The van der Waals surface area contributed by atoms with Gasteiger partial charge in [-0.25, -0.2) is 85.8 Å². The molecular weight excluding hydrogens is 871 g/mol. The molecule has 0 saturated carbocycles. The van der Waals surface area contributed by atoms with Crippen molar-refractivity contribution in [3.05, 3.63) is 205 Å². The van der Waals surface area contributed by atoms with Crippen LogP contribution in [0.2, 0.25) is 0 Å². The van der Waals surface area contributed by atoms with E-state index in [1.807, 2.05) is 0 Å². The molecule has 314 valence electrons. The number of fused-ring (bicyclic) bond motifs is 4. The average Bonchev–Trinajstić information content (AvgIpc) is 4.14. The molecule has 0 unspecified atom stereocenters. The quantitative estimate of drug-likeness (QED) is 0.114. The number of rotatable bonds is 4. The van der Waals surface area contributed by atoms with Crippen molar-refractivity contribution in [1.29, 1.82) is 0 Å². The van der Waals surface area contributed by atoms with Crippen molar-refractivity contribution in [3.63, 3.8) is 0 Å². The maximum Gasteiger partial charge on any atom is 0.200 e. The van der Waals surface area contributed by atoms with Gasteiger partial charge < -0.3 is 0 Å². The number of halogens is 15. The summed E-state index contributed by atoms with van der Waals surface area (Å²) in [5.74, 6) is -37.0. The molecule has 9 rings (SSSR count). The number of hydrogen-bond donors (Lipinski definition) is 0. The van der Waals surface area contributed by atoms with E-state index in [2.05, 4.69) is 25.0 Å². The van der Waals surface area contributed by atoms with Crippen molar-refractivity contribution in [2.75, 3.05) is 0 Å². The molecule has 1 aromatic heterocycles. The first-order valence-electron chi connectivity index (χ1n) is 17.5. The summed E-state index contributed by atoms with van der Waals surface area (Å²) in [7, 11) is 0. The molecule has 20 heteroatoms. The van der Waals surface area contributed by atoms with Crippen LogP contribution in [0.3, 0.4) is 0 Å². The highest BCUT2D eigenvalue weighted by molar-refractivity contribution is 6.39. The Bertz CT molecular complexity index is 3100. The topological polar surface area (TPSA) is 62.3 Å². The first-order chi connectivity index (χ1) is 30.0. The zero-order valence-corrected chi connectivity index (χ0v) is 30.3. The van der Waals surface area contributed by atoms with Crippen molar-refractivity contribution in [2.24, 2.45) is 20.0 Å². The molecule has 0 fully saturated rings. The third kappa shape index (κ3) is 6.10. The predicted octanol–water partition coefficient (Wildman–Crippen LogP) is 11.2. The van der Waals surface area contributed by atoms with E-state index in [1.165, 1.54) is 36.7 Å². The number of aliphatic imine (C=N–C) groups is 4. The Hall–Kier alpha value is -7.64. The molecule has 0 amide bonds. The third-order valence-electron chi connectivity index (χ3n) is 9.96. The van der Waals surface area contributed by atoms with E-state index in [0.29, 0.717) is 0 Å². The molecule has 6 heterocycles. The summed E-state index contributed by atoms with van der Waals surface area (Å²) in [6.07, 6.45) is 10.1. The molecule has 0 radical (unpaired) electrons. The predicted molar refractivity (Wildman–Crippen MR) is 197 cm³/mol. The molecule has 3 aromatic carbocycles. The van der Waals surface area contributed by atoms with E-state index in [1.54, 1.807) is 0 Å². The molecule has 0 atom stereocenters. The van der Waals surface area contributed by atoms with E-state index in [9.17, 15) is 39.5 Å². The molecule has 5 aliphatic rings. The summed E-state index contributed by atoms with van der Waals surface area (Å²) in [5.41, 5.74) is -12.7. The maximum atomic E-state index is 15.8. The summed E-state index contributed by atoms with van der Waals surface area (Å²) in [6.45, 7) is 0. The van der Waals surface area contributed by atoms with Crippen LogP contribution in [0.5, 0.6) is 0 Å². The van der Waals surface area contributed by atoms with Gasteiger partial charge >= 0.3 is 0 Å². The molecule has 0 N–H and O–H groups in total. The molecule has 5 nitrogen and oxygen atoms in total. The summed E-state index contributed by atoms with van der Waals surface area (Å²) in [5, 5.41) is 0. The lowest BCUT2D eigenvalue weighted by atomic mass is 9.96. The minimum absolute atomic E-state index is 0.0234. The third-order valence-corrected chi connectivity index (χ3v) is 9.96. The van der Waals surface area contributed by atoms with E-state index < -0.39 is 155 Å². The lowest BCUT2D eigenvalue weighted by Crippen LogP contribution is -2.12. The summed E-state index contributed by atoms with van der Waals surface area (Å²) < 4.78 is 227. The SMILES string of the molecule is Fc1c(F)c(F)c(C2=C3C=CC(=N3)C(c3ccncc3)=C3C=CC(=N3)C(c3c(F)c(F)c(F)c(F)c3F)=C3C=CC(=N3)C(c3c(F)c(F)c(F)c(F)c3F)=C3C=CC2=N3)c(F)c1F. The van der Waals surface area contributed by atoms with Crippen LogP contribution in [0.15, 0.2) is 116 Å². The van der Waals surface area contributed by atoms with E-state index >= 15 is 26.3 Å². The van der Waals surface area contributed by atoms with Crippen LogP contribution in [-0.4, -0.2) is 27.8 Å². The minimum atomic E-state index is -2.63. The molecule has 5 aliphatic heterocycles. The van der Waals surface area contributed by atoms with Gasteiger partial charge in [-0.2, -0.15) is 0 Å². The van der Waals surface area contributed by atoms with E-state index in [0.717, 1.165) is 36.5 Å². The standard InChI is InChI=1S/C43H12F15N5/c44-29-26(30(45)36(51)41(56)35(29)50)23-16-3-1-14(60-16)22(13-9-11-59-12-10-13)15-2-4-17(61-15)24(27-31(46)37(52)42(57)38(53)32(27)47)19-6-8-21(63-19)25(20-7-5-18(23)62-20)28-33(48)39(54)43(58)40(55)34(28)49/h1-12H. The summed E-state index contributed by atoms with van der Waals surface area (Å²) in [4.78, 5) is 20.9. The van der Waals surface area contributed by atoms with Crippen LogP contribution >= 0.6 is 0 Å². The van der Waals surface area contributed by atoms with E-state index in [-0.39, 0.29) is 22.5 Å². The number of pyridine rings is 1. The van der Waals surface area contributed by atoms with Crippen LogP contribution in [-0.2, 0) is 0 Å². The smallest absolute Gasteiger partial charge is 0.200 e. The zero-order chi connectivity index (χ0) is 44.9. The number of hydrogen-bond acceptors (Lipinski definition) is 5. The lowest BCUT2D eigenvalue weighted by molar-refractivity contribution is 0.376. The number of aromatic nitrogens is 1. The minimum Gasteiger partial charge on any atom is -0.265 e. The number of benzene rings is 3. The van der Waals surface area contributed by atoms with Crippen LogP contribution in [0, 0.1) is 87.3 Å². The van der Waals surface area contributed by atoms with Crippen molar-refractivity contribution < 1.29 is 65.9 Å². The second-order valence-corrected chi connectivity index (χ2v) is 13.4. The van der Waals surface area contributed by atoms with Crippen molar-refractivity contribution in [2.45, 2.75) is 0 Å². The number of allylic oxidation sites excluding steroid dienone is 12. The normalized spacial score (nSPS) is 16.7. The van der Waals surface area contributed by atoms with Crippen molar-refractivity contribution in [1.82, 2.24) is 4.98 Å². The molecule has 0 aliphatic carbocycles. The van der Waals surface area contributed by atoms with Gasteiger partial charge in [0.05, 0.1) is 62.3 Å². The van der Waals surface area contributed by atoms with Crippen molar-refractivity contribution in [3.8, 4) is 0 Å². The monoisotopic (exact) mass is 883 g/mol. The van der Waals surface area contributed by atoms with Gasteiger partial charge in [0, 0.05) is 34.7 Å². The fraction of sp³-hybridized carbons (Fsp3) is 0. The van der Waals surface area contributed by atoms with Crippen LogP contribution in [0.25, 0.3) is 22.3 Å². The molecule has 63 heavy (non-hydrogen) atoms.